The SMILES string of the molecule is COCCCN1CCOc2ccc(COC3CN(C(=O)OCCCCCCO[N+](=O)[O-])C(CC(OC(=O)OCCCCCCO[N+](=O)[O-])c4nn[nH]n4)CC3c3ccc(OC)cc3)cc21. The zero-order valence-corrected chi connectivity index (χ0v) is 37.0. The number of fused-ring (bicyclic) bond motifs is 1. The smallest absolute Gasteiger partial charge is 0.497 e. The van der Waals surface area contributed by atoms with E-state index in [9.17, 15) is 29.8 Å². The van der Waals surface area contributed by atoms with E-state index in [0.717, 1.165) is 42.1 Å². The van der Waals surface area contributed by atoms with Gasteiger partial charge in [0.1, 0.15) is 18.1 Å². The van der Waals surface area contributed by atoms with Gasteiger partial charge in [0.25, 0.3) is 10.2 Å². The summed E-state index contributed by atoms with van der Waals surface area (Å²) in [6.07, 6.45) is 2.69. The molecule has 1 aromatic heterocycles. The monoisotopic (exact) mass is 916 g/mol. The highest BCUT2D eigenvalue weighted by atomic mass is 17.0. The lowest BCUT2D eigenvalue weighted by Crippen LogP contribution is -2.53. The van der Waals surface area contributed by atoms with E-state index in [-0.39, 0.29) is 57.7 Å². The lowest BCUT2D eigenvalue weighted by atomic mass is 9.81. The van der Waals surface area contributed by atoms with Crippen molar-refractivity contribution in [3.8, 4) is 11.5 Å². The van der Waals surface area contributed by atoms with Gasteiger partial charge in [-0.05, 0) is 86.8 Å². The van der Waals surface area contributed by atoms with Gasteiger partial charge in [-0.2, -0.15) is 5.21 Å². The van der Waals surface area contributed by atoms with Gasteiger partial charge in [0.2, 0.25) is 5.82 Å². The summed E-state index contributed by atoms with van der Waals surface area (Å²) in [5.74, 6) is 1.30. The maximum atomic E-state index is 14.1. The molecule has 2 aromatic carbocycles. The number of hydrogen-bond acceptors (Lipinski definition) is 19. The standard InChI is InChI=1S/C42H60N8O15/c1-57-20-11-18-47-19-25-59-37-17-12-31(26-36(37)47)30-62-39-29-48(41(51)60-21-7-3-5-9-23-63-49(53)54)33(27-35(39)32-13-15-34(58-2)16-14-32)28-38(40-43-45-46-44-40)65-42(52)61-22-8-4-6-10-24-64-50(55)56/h12-17,26,33,35,38-39H,3-11,18-25,27-30H2,1-2H3,(H,43,44,45,46). The first-order chi connectivity index (χ1) is 31.6. The van der Waals surface area contributed by atoms with E-state index in [1.54, 1.807) is 19.1 Å². The second-order valence-corrected chi connectivity index (χ2v) is 15.5. The molecule has 4 atom stereocenters. The molecule has 3 aromatic rings. The quantitative estimate of drug-likeness (QED) is 0.0354. The van der Waals surface area contributed by atoms with E-state index in [4.69, 9.17) is 33.2 Å². The number of benzene rings is 2. The Kier molecular flexibility index (Phi) is 20.8. The van der Waals surface area contributed by atoms with Crippen molar-refractivity contribution < 1.29 is 62.6 Å². The largest absolute Gasteiger partial charge is 0.508 e. The predicted octanol–water partition coefficient (Wildman–Crippen LogP) is 6.15. The minimum absolute atomic E-state index is 0.00827. The van der Waals surface area contributed by atoms with Crippen LogP contribution in [0.25, 0.3) is 0 Å². The third-order valence-corrected chi connectivity index (χ3v) is 11.1. The maximum Gasteiger partial charge on any atom is 0.508 e. The Morgan fingerprint density at radius 2 is 1.57 bits per heavy atom. The maximum absolute atomic E-state index is 14.1. The molecule has 65 heavy (non-hydrogen) atoms. The fourth-order valence-corrected chi connectivity index (χ4v) is 7.80. The molecule has 1 fully saturated rings. The summed E-state index contributed by atoms with van der Waals surface area (Å²) in [6.45, 7) is 3.26. The molecule has 0 aliphatic carbocycles. The van der Waals surface area contributed by atoms with Gasteiger partial charge in [-0.1, -0.05) is 36.3 Å². The number of amides is 1. The van der Waals surface area contributed by atoms with Crippen molar-refractivity contribution in [2.45, 2.75) is 101 Å². The molecule has 1 amide bonds. The molecular weight excluding hydrogens is 857 g/mol. The van der Waals surface area contributed by atoms with E-state index < -0.39 is 40.7 Å². The number of piperidine rings is 1. The van der Waals surface area contributed by atoms with Crippen molar-refractivity contribution in [1.82, 2.24) is 25.5 Å². The van der Waals surface area contributed by atoms with Crippen molar-refractivity contribution >= 4 is 17.9 Å². The molecule has 4 unspecified atom stereocenters. The number of carbonyl (C=O) groups excluding carboxylic acids is 2. The van der Waals surface area contributed by atoms with Gasteiger partial charge in [0.15, 0.2) is 6.10 Å². The van der Waals surface area contributed by atoms with Crippen LogP contribution in [0.3, 0.4) is 0 Å². The number of likely N-dealkylation sites (tertiary alicyclic amines) is 1. The Labute approximate surface area is 376 Å². The lowest BCUT2D eigenvalue weighted by Gasteiger charge is -2.44. The van der Waals surface area contributed by atoms with Crippen LogP contribution in [0.1, 0.15) is 99.6 Å². The molecule has 0 saturated carbocycles. The molecule has 0 bridgehead atoms. The first-order valence-corrected chi connectivity index (χ1v) is 21.9. The molecule has 23 nitrogen and oxygen atoms in total. The number of carbonyl (C=O) groups is 2. The van der Waals surface area contributed by atoms with Crippen LogP contribution < -0.4 is 14.4 Å². The summed E-state index contributed by atoms with van der Waals surface area (Å²) in [5.41, 5.74) is 2.84. The number of H-pyrrole nitrogens is 1. The fourth-order valence-electron chi connectivity index (χ4n) is 7.80. The van der Waals surface area contributed by atoms with Crippen molar-refractivity contribution in [2.75, 3.05) is 78.4 Å². The number of aromatic amines is 1. The summed E-state index contributed by atoms with van der Waals surface area (Å²) in [7, 11) is 3.28. The highest BCUT2D eigenvalue weighted by Gasteiger charge is 2.42. The van der Waals surface area contributed by atoms with Gasteiger partial charge in [-0.3, -0.25) is 0 Å². The van der Waals surface area contributed by atoms with Crippen LogP contribution >= 0.6 is 0 Å². The number of anilines is 1. The second kappa shape index (κ2) is 27.2. The number of rotatable bonds is 29. The summed E-state index contributed by atoms with van der Waals surface area (Å²) >= 11 is 0. The average Bonchev–Trinajstić information content (AvgIpc) is 3.85. The third kappa shape index (κ3) is 16.7. The zero-order chi connectivity index (χ0) is 46.2. The van der Waals surface area contributed by atoms with Crippen molar-refractivity contribution in [1.29, 1.82) is 0 Å². The molecule has 0 radical (unpaired) electrons. The van der Waals surface area contributed by atoms with Gasteiger partial charge in [-0.15, -0.1) is 30.4 Å². The van der Waals surface area contributed by atoms with Gasteiger partial charge in [-0.25, -0.2) is 9.59 Å². The predicted molar refractivity (Wildman–Crippen MR) is 228 cm³/mol. The van der Waals surface area contributed by atoms with Crippen molar-refractivity contribution in [2.24, 2.45) is 0 Å². The van der Waals surface area contributed by atoms with E-state index in [2.05, 4.69) is 41.3 Å². The summed E-state index contributed by atoms with van der Waals surface area (Å²) in [5, 5.41) is 33.5. The van der Waals surface area contributed by atoms with Gasteiger partial charge >= 0.3 is 12.2 Å². The third-order valence-electron chi connectivity index (χ3n) is 11.1. The Hall–Kier alpha value is -6.23. The average molecular weight is 917 g/mol. The second-order valence-electron chi connectivity index (χ2n) is 15.5. The van der Waals surface area contributed by atoms with Crippen LogP contribution in [0, 0.1) is 20.2 Å². The van der Waals surface area contributed by atoms with Crippen LogP contribution in [-0.2, 0) is 40.0 Å². The number of methoxy groups -OCH3 is 2. The van der Waals surface area contributed by atoms with Crippen LogP contribution in [0.15, 0.2) is 42.5 Å². The number of unbranched alkanes of at least 4 members (excludes halogenated alkanes) is 6. The number of tetrazole rings is 1. The summed E-state index contributed by atoms with van der Waals surface area (Å²) in [4.78, 5) is 60.7. The number of aromatic nitrogens is 4. The Bertz CT molecular complexity index is 1890. The van der Waals surface area contributed by atoms with E-state index >= 15 is 0 Å². The highest BCUT2D eigenvalue weighted by Crippen LogP contribution is 2.39. The molecule has 2 aliphatic heterocycles. The Balaban J connectivity index is 1.33. The Morgan fingerprint density at radius 1 is 0.877 bits per heavy atom. The highest BCUT2D eigenvalue weighted by molar-refractivity contribution is 5.68. The van der Waals surface area contributed by atoms with Gasteiger partial charge in [0.05, 0.1) is 65.0 Å². The van der Waals surface area contributed by atoms with Crippen molar-refractivity contribution in [3.05, 3.63) is 79.6 Å². The van der Waals surface area contributed by atoms with Gasteiger partial charge < -0.3 is 52.6 Å². The number of nitrogens with zero attached hydrogens (tertiary/aromatic N) is 7. The van der Waals surface area contributed by atoms with Crippen LogP contribution in [0.4, 0.5) is 15.3 Å². The molecule has 3 heterocycles. The van der Waals surface area contributed by atoms with Gasteiger partial charge in [0, 0.05) is 38.6 Å². The molecule has 2 aliphatic rings. The summed E-state index contributed by atoms with van der Waals surface area (Å²) < 4.78 is 40.5. The normalized spacial score (nSPS) is 17.3. The molecular formula is C42H60N8O15. The number of hydrogen-bond donors (Lipinski definition) is 1. The fraction of sp³-hybridized carbons (Fsp3) is 0.643. The molecule has 23 heteroatoms. The first-order valence-electron chi connectivity index (χ1n) is 21.9. The molecule has 1 saturated heterocycles. The first kappa shape index (κ1) is 49.8. The van der Waals surface area contributed by atoms with Crippen molar-refractivity contribution in [3.63, 3.8) is 0 Å². The van der Waals surface area contributed by atoms with E-state index in [0.29, 0.717) is 76.8 Å². The lowest BCUT2D eigenvalue weighted by molar-refractivity contribution is -0.757. The molecule has 358 valence electrons. The van der Waals surface area contributed by atoms with E-state index in [1.807, 2.05) is 36.4 Å². The van der Waals surface area contributed by atoms with E-state index in [1.165, 1.54) is 0 Å². The molecule has 5 rings (SSSR count). The van der Waals surface area contributed by atoms with Crippen LogP contribution in [-0.4, -0.2) is 134 Å². The minimum atomic E-state index is -1.08. The topological polar surface area (TPSA) is 264 Å². The summed E-state index contributed by atoms with van der Waals surface area (Å²) in [6, 6.07) is 13.1. The van der Waals surface area contributed by atoms with Crippen LogP contribution in [0.5, 0.6) is 11.5 Å². The minimum Gasteiger partial charge on any atom is -0.497 e. The Morgan fingerprint density at radius 3 is 2.22 bits per heavy atom. The zero-order valence-electron chi connectivity index (χ0n) is 37.0. The van der Waals surface area contributed by atoms with Crippen LogP contribution in [0.2, 0.25) is 0 Å². The molecule has 1 N–H and O–H groups in total. The number of nitrogens with one attached hydrogen (secondary N) is 1. The molecule has 0 spiro atoms. The number of ether oxygens (including phenoxy) is 7.